The summed E-state index contributed by atoms with van der Waals surface area (Å²) in [7, 11) is 0. The number of hydrogen-bond donors (Lipinski definition) is 3. The van der Waals surface area contributed by atoms with E-state index in [1.54, 1.807) is 24.3 Å². The van der Waals surface area contributed by atoms with Gasteiger partial charge in [0.15, 0.2) is 0 Å². The Kier molecular flexibility index (Phi) is 21.7. The Morgan fingerprint density at radius 1 is 1.14 bits per heavy atom. The summed E-state index contributed by atoms with van der Waals surface area (Å²) in [6.45, 7) is 0. The van der Waals surface area contributed by atoms with E-state index in [2.05, 4.69) is 0 Å². The first kappa shape index (κ1) is 23.6. The van der Waals surface area contributed by atoms with Crippen LogP contribution in [0.4, 0.5) is 0 Å². The van der Waals surface area contributed by atoms with Crippen LogP contribution < -0.4 is 42.2 Å². The molecule has 0 spiro atoms. The molecular formula is C7H11Cl2N3OPt. The molecule has 1 aromatic carbocycles. The summed E-state index contributed by atoms with van der Waals surface area (Å²) in [5.41, 5.74) is 2.62. The topological polar surface area (TPSA) is 90.1 Å². The van der Waals surface area contributed by atoms with Crippen molar-refractivity contribution in [1.29, 1.82) is 0 Å². The van der Waals surface area contributed by atoms with E-state index in [1.165, 1.54) is 0 Å². The van der Waals surface area contributed by atoms with E-state index in [4.69, 9.17) is 5.84 Å². The Morgan fingerprint density at radius 2 is 1.57 bits per heavy atom. The minimum Gasteiger partial charge on any atom is -1.00 e. The Balaban J connectivity index is -0.000000125. The zero-order chi connectivity index (χ0) is 7.40. The summed E-state index contributed by atoms with van der Waals surface area (Å²) in [5.74, 6) is 4.64. The molecule has 0 heterocycles. The van der Waals surface area contributed by atoms with E-state index >= 15 is 0 Å². The van der Waals surface area contributed by atoms with Crippen molar-refractivity contribution in [3.8, 4) is 0 Å². The van der Waals surface area contributed by atoms with Gasteiger partial charge in [0, 0.05) is 5.56 Å². The molecule has 7 heteroatoms. The van der Waals surface area contributed by atoms with Crippen molar-refractivity contribution in [2.75, 3.05) is 0 Å². The second-order valence-electron chi connectivity index (χ2n) is 1.84. The predicted molar refractivity (Wildman–Crippen MR) is 43.1 cm³/mol. The summed E-state index contributed by atoms with van der Waals surface area (Å²) in [4.78, 5) is 10.8. The minimum absolute atomic E-state index is 0. The van der Waals surface area contributed by atoms with E-state index in [0.717, 1.165) is 0 Å². The van der Waals surface area contributed by atoms with Crippen LogP contribution in [0.5, 0.6) is 0 Å². The van der Waals surface area contributed by atoms with Crippen LogP contribution in [0.2, 0.25) is 0 Å². The fourth-order valence-electron chi connectivity index (χ4n) is 0.673. The third-order valence-electron chi connectivity index (χ3n) is 1.17. The van der Waals surface area contributed by atoms with Gasteiger partial charge in [-0.3, -0.25) is 10.2 Å². The van der Waals surface area contributed by atoms with Gasteiger partial charge in [0.05, 0.1) is 0 Å². The molecule has 6 N–H and O–H groups in total. The number of carbonyl (C=O) groups is 1. The van der Waals surface area contributed by atoms with Crippen LogP contribution in [0.15, 0.2) is 30.3 Å². The Bertz CT molecular complexity index is 236. The van der Waals surface area contributed by atoms with Crippen LogP contribution in [0.1, 0.15) is 10.4 Å². The molecule has 14 heavy (non-hydrogen) atoms. The third kappa shape index (κ3) is 7.30. The van der Waals surface area contributed by atoms with Gasteiger partial charge in [-0.05, 0) is 12.1 Å². The second kappa shape index (κ2) is 12.9. The second-order valence-corrected chi connectivity index (χ2v) is 1.84. The maximum absolute atomic E-state index is 10.8. The number of hydrogen-bond acceptors (Lipinski definition) is 3. The smallest absolute Gasteiger partial charge is 1.00 e. The fourth-order valence-corrected chi connectivity index (χ4v) is 0.673. The van der Waals surface area contributed by atoms with E-state index in [-0.39, 0.29) is 57.9 Å². The molecule has 0 aliphatic rings. The maximum atomic E-state index is 10.8. The monoisotopic (exact) mass is 418 g/mol. The van der Waals surface area contributed by atoms with Crippen LogP contribution in [-0.2, 0) is 21.1 Å². The van der Waals surface area contributed by atoms with Gasteiger partial charge < -0.3 is 31.0 Å². The molecule has 4 nitrogen and oxygen atoms in total. The van der Waals surface area contributed by atoms with Crippen LogP contribution in [0, 0.1) is 0 Å². The van der Waals surface area contributed by atoms with Gasteiger partial charge in [-0.2, -0.15) is 0 Å². The van der Waals surface area contributed by atoms with E-state index in [1.807, 2.05) is 11.5 Å². The number of halogens is 2. The first-order valence-corrected chi connectivity index (χ1v) is 2.90. The van der Waals surface area contributed by atoms with Gasteiger partial charge in [-0.25, -0.2) is 5.84 Å². The van der Waals surface area contributed by atoms with Crippen molar-refractivity contribution < 1.29 is 50.7 Å². The molecule has 1 aromatic rings. The van der Waals surface area contributed by atoms with Crippen molar-refractivity contribution in [3.05, 3.63) is 35.9 Å². The zero-order valence-corrected chi connectivity index (χ0v) is 10.9. The number of benzene rings is 1. The minimum atomic E-state index is -0.263. The quantitative estimate of drug-likeness (QED) is 0.241. The van der Waals surface area contributed by atoms with Crippen molar-refractivity contribution >= 4 is 5.91 Å². The normalized spacial score (nSPS) is 6.36. The molecule has 0 aromatic heterocycles. The van der Waals surface area contributed by atoms with Crippen molar-refractivity contribution in [2.24, 2.45) is 5.84 Å². The number of nitrogens with one attached hydrogen (secondary N) is 1. The number of nitrogen functional groups attached to an aromatic ring is 1. The van der Waals surface area contributed by atoms with Crippen LogP contribution in [-0.4, -0.2) is 5.91 Å². The molecule has 0 fully saturated rings. The SMILES string of the molecule is N.NNC(=O)c1ccccc1.[Cl-].[Cl-].[Pt+2]. The van der Waals surface area contributed by atoms with Gasteiger partial charge in [0.25, 0.3) is 5.91 Å². The third-order valence-corrected chi connectivity index (χ3v) is 1.17. The van der Waals surface area contributed by atoms with Gasteiger partial charge >= 0.3 is 21.1 Å². The van der Waals surface area contributed by atoms with Gasteiger partial charge in [0.2, 0.25) is 0 Å². The van der Waals surface area contributed by atoms with Crippen LogP contribution in [0.25, 0.3) is 0 Å². The van der Waals surface area contributed by atoms with E-state index < -0.39 is 0 Å². The molecule has 84 valence electrons. The molecule has 0 saturated carbocycles. The van der Waals surface area contributed by atoms with Crippen molar-refractivity contribution in [1.82, 2.24) is 11.6 Å². The predicted octanol–water partition coefficient (Wildman–Crippen LogP) is -5.54. The first-order valence-electron chi connectivity index (χ1n) is 2.90. The molecule has 0 atom stereocenters. The molecule has 1 rings (SSSR count). The molecule has 0 radical (unpaired) electrons. The molecule has 0 saturated heterocycles. The largest absolute Gasteiger partial charge is 2.00 e. The molecule has 0 unspecified atom stereocenters. The van der Waals surface area contributed by atoms with Gasteiger partial charge in [0.1, 0.15) is 0 Å². The van der Waals surface area contributed by atoms with Crippen LogP contribution >= 0.6 is 0 Å². The van der Waals surface area contributed by atoms with Gasteiger partial charge in [-0.1, -0.05) is 18.2 Å². The number of hydrazine groups is 1. The summed E-state index contributed by atoms with van der Waals surface area (Å²) in [5, 5.41) is 0. The molecule has 0 bridgehead atoms. The standard InChI is InChI=1S/C7H8N2O.2ClH.H3N.Pt/c8-9-7(10)6-4-2-1-3-5-6;;;;/h1-5H,8H2,(H,9,10);2*1H;1H3;/q;;;;+2/p-2. The summed E-state index contributed by atoms with van der Waals surface area (Å²) >= 11 is 0. The maximum Gasteiger partial charge on any atom is 2.00 e. The van der Waals surface area contributed by atoms with Gasteiger partial charge in [-0.15, -0.1) is 0 Å². The van der Waals surface area contributed by atoms with E-state index in [9.17, 15) is 4.79 Å². The number of rotatable bonds is 1. The number of nitrogens with two attached hydrogens (primary N) is 1. The van der Waals surface area contributed by atoms with Crippen molar-refractivity contribution in [2.45, 2.75) is 0 Å². The van der Waals surface area contributed by atoms with E-state index in [0.29, 0.717) is 5.56 Å². The molecule has 0 aliphatic heterocycles. The average molecular weight is 419 g/mol. The molecular weight excluding hydrogens is 408 g/mol. The number of carbonyl (C=O) groups excluding carboxylic acids is 1. The fraction of sp³-hybridized carbons (Fsp3) is 0. The summed E-state index contributed by atoms with van der Waals surface area (Å²) in [6.07, 6.45) is 0. The molecule has 0 aliphatic carbocycles. The Morgan fingerprint density at radius 3 is 1.93 bits per heavy atom. The zero-order valence-electron chi connectivity index (χ0n) is 7.15. The van der Waals surface area contributed by atoms with Crippen LogP contribution in [0.3, 0.4) is 0 Å². The van der Waals surface area contributed by atoms with Crippen molar-refractivity contribution in [3.63, 3.8) is 0 Å². The summed E-state index contributed by atoms with van der Waals surface area (Å²) < 4.78 is 0. The Labute approximate surface area is 110 Å². The Hall–Kier alpha value is -0.122. The average Bonchev–Trinajstić information content (AvgIpc) is 2.05. The number of amides is 1. The summed E-state index contributed by atoms with van der Waals surface area (Å²) in [6, 6.07) is 8.80. The first-order chi connectivity index (χ1) is 4.84. The molecule has 1 amide bonds.